The Labute approximate surface area is 180 Å². The Hall–Kier alpha value is -2.62. The average molecular weight is 452 g/mol. The van der Waals surface area contributed by atoms with E-state index in [2.05, 4.69) is 5.32 Å². The zero-order valence-electron chi connectivity index (χ0n) is 16.3. The monoisotopic (exact) mass is 451 g/mol. The second-order valence-electron chi connectivity index (χ2n) is 6.91. The van der Waals surface area contributed by atoms with Crippen LogP contribution in [0.3, 0.4) is 0 Å². The summed E-state index contributed by atoms with van der Waals surface area (Å²) in [6.45, 7) is 0.454. The molecule has 0 aromatic heterocycles. The van der Waals surface area contributed by atoms with Crippen molar-refractivity contribution < 1.29 is 22.7 Å². The number of methoxy groups -OCH3 is 1. The Balaban J connectivity index is 1.61. The highest BCUT2D eigenvalue weighted by Gasteiger charge is 2.32. The van der Waals surface area contributed by atoms with Crippen LogP contribution >= 0.6 is 11.6 Å². The molecule has 1 aliphatic heterocycles. The van der Waals surface area contributed by atoms with Gasteiger partial charge in [0.25, 0.3) is 0 Å². The van der Waals surface area contributed by atoms with E-state index >= 15 is 0 Å². The minimum atomic E-state index is -3.71. The van der Waals surface area contributed by atoms with Crippen LogP contribution in [0.4, 0.5) is 5.69 Å². The molecule has 1 fully saturated rings. The van der Waals surface area contributed by atoms with E-state index in [1.807, 2.05) is 0 Å². The van der Waals surface area contributed by atoms with Gasteiger partial charge in [-0.25, -0.2) is 8.42 Å². The van der Waals surface area contributed by atoms with E-state index in [1.54, 1.807) is 12.1 Å². The van der Waals surface area contributed by atoms with Crippen LogP contribution in [0.15, 0.2) is 47.4 Å². The van der Waals surface area contributed by atoms with Crippen LogP contribution in [-0.2, 0) is 14.8 Å². The third-order valence-electron chi connectivity index (χ3n) is 5.02. The molecule has 0 unspecified atom stereocenters. The fraction of sp³-hybridized carbons (Fsp3) is 0.300. The highest BCUT2D eigenvalue weighted by molar-refractivity contribution is 7.89. The summed E-state index contributed by atoms with van der Waals surface area (Å²) in [5, 5.41) is 3.01. The van der Waals surface area contributed by atoms with Crippen LogP contribution in [0.25, 0.3) is 0 Å². The van der Waals surface area contributed by atoms with E-state index in [-0.39, 0.29) is 34.8 Å². The molecule has 2 aromatic rings. The summed E-state index contributed by atoms with van der Waals surface area (Å²) >= 11 is 6.06. The van der Waals surface area contributed by atoms with Crippen molar-refractivity contribution in [3.05, 3.63) is 53.1 Å². The summed E-state index contributed by atoms with van der Waals surface area (Å²) in [5.41, 5.74) is 6.10. The molecule has 3 rings (SSSR count). The normalized spacial score (nSPS) is 15.5. The van der Waals surface area contributed by atoms with Crippen molar-refractivity contribution >= 4 is 39.1 Å². The summed E-state index contributed by atoms with van der Waals surface area (Å²) in [5.74, 6) is -0.646. The van der Waals surface area contributed by atoms with E-state index in [1.165, 1.54) is 41.7 Å². The Morgan fingerprint density at radius 3 is 2.30 bits per heavy atom. The molecule has 2 aromatic carbocycles. The van der Waals surface area contributed by atoms with Crippen molar-refractivity contribution in [3.63, 3.8) is 0 Å². The summed E-state index contributed by atoms with van der Waals surface area (Å²) in [6.07, 6.45) is 0.794. The van der Waals surface area contributed by atoms with E-state index in [0.29, 0.717) is 29.8 Å². The number of hydrogen-bond donors (Lipinski definition) is 2. The van der Waals surface area contributed by atoms with Crippen LogP contribution in [0.2, 0.25) is 5.02 Å². The number of primary amides is 1. The Bertz CT molecular complexity index is 1050. The predicted molar refractivity (Wildman–Crippen MR) is 113 cm³/mol. The van der Waals surface area contributed by atoms with Gasteiger partial charge in [0.15, 0.2) is 0 Å². The lowest BCUT2D eigenvalue weighted by Crippen LogP contribution is -2.41. The first kappa shape index (κ1) is 22.1. The predicted octanol–water partition coefficient (Wildman–Crippen LogP) is 2.49. The summed E-state index contributed by atoms with van der Waals surface area (Å²) in [4.78, 5) is 23.7. The quantitative estimate of drug-likeness (QED) is 0.699. The lowest BCUT2D eigenvalue weighted by Gasteiger charge is -2.30. The molecule has 3 N–H and O–H groups in total. The van der Waals surface area contributed by atoms with Gasteiger partial charge in [0.1, 0.15) is 5.75 Å². The standard InChI is InChI=1S/C20H22ClN3O5S/c1-29-18-7-6-16(12-17(18)21)30(27,28)24-10-8-14(9-11-24)20(26)23-15-4-2-13(3-5-15)19(22)25/h2-7,12,14H,8-11H2,1H3,(H2,22,25)(H,23,26). The number of anilines is 1. The molecule has 0 spiro atoms. The number of nitrogens with zero attached hydrogens (tertiary/aromatic N) is 1. The van der Waals surface area contributed by atoms with E-state index < -0.39 is 15.9 Å². The Morgan fingerprint density at radius 1 is 1.13 bits per heavy atom. The SMILES string of the molecule is COc1ccc(S(=O)(=O)N2CCC(C(=O)Nc3ccc(C(N)=O)cc3)CC2)cc1Cl. The summed E-state index contributed by atoms with van der Waals surface area (Å²) in [7, 11) is -2.26. The number of carbonyl (C=O) groups is 2. The third-order valence-corrected chi connectivity index (χ3v) is 7.21. The number of rotatable bonds is 6. The van der Waals surface area contributed by atoms with Crippen molar-refractivity contribution in [1.82, 2.24) is 4.31 Å². The molecule has 1 aliphatic rings. The number of sulfonamides is 1. The largest absolute Gasteiger partial charge is 0.495 e. The first-order chi connectivity index (χ1) is 14.2. The molecule has 0 aliphatic carbocycles. The second kappa shape index (κ2) is 9.03. The van der Waals surface area contributed by atoms with Gasteiger partial charge in [-0.15, -0.1) is 0 Å². The topological polar surface area (TPSA) is 119 Å². The number of piperidine rings is 1. The number of ether oxygens (including phenoxy) is 1. The van der Waals surface area contributed by atoms with Gasteiger partial charge < -0.3 is 15.8 Å². The van der Waals surface area contributed by atoms with Gasteiger partial charge in [0.05, 0.1) is 17.0 Å². The molecule has 1 heterocycles. The molecule has 10 heteroatoms. The van der Waals surface area contributed by atoms with Gasteiger partial charge in [-0.2, -0.15) is 4.31 Å². The molecule has 0 bridgehead atoms. The molecule has 160 valence electrons. The maximum atomic E-state index is 12.9. The number of nitrogens with two attached hydrogens (primary N) is 1. The summed E-state index contributed by atoms with van der Waals surface area (Å²) < 4.78 is 32.2. The molecule has 30 heavy (non-hydrogen) atoms. The minimum absolute atomic E-state index is 0.0887. The average Bonchev–Trinajstić information content (AvgIpc) is 2.74. The minimum Gasteiger partial charge on any atom is -0.495 e. The van der Waals surface area contributed by atoms with Crippen LogP contribution in [0.5, 0.6) is 5.75 Å². The van der Waals surface area contributed by atoms with Crippen molar-refractivity contribution in [1.29, 1.82) is 0 Å². The van der Waals surface area contributed by atoms with Gasteiger partial charge in [-0.1, -0.05) is 11.6 Å². The van der Waals surface area contributed by atoms with Gasteiger partial charge in [-0.3, -0.25) is 9.59 Å². The van der Waals surface area contributed by atoms with Crippen LogP contribution < -0.4 is 15.8 Å². The van der Waals surface area contributed by atoms with Crippen LogP contribution in [0, 0.1) is 5.92 Å². The first-order valence-corrected chi connectivity index (χ1v) is 11.1. The number of nitrogens with one attached hydrogen (secondary N) is 1. The fourth-order valence-corrected chi connectivity index (χ4v) is 5.10. The number of amides is 2. The van der Waals surface area contributed by atoms with Crippen molar-refractivity contribution in [2.45, 2.75) is 17.7 Å². The molecule has 1 saturated heterocycles. The summed E-state index contributed by atoms with van der Waals surface area (Å²) in [6, 6.07) is 10.6. The van der Waals surface area contributed by atoms with Crippen molar-refractivity contribution in [2.75, 3.05) is 25.5 Å². The fourth-order valence-electron chi connectivity index (χ4n) is 3.28. The molecule has 8 nitrogen and oxygen atoms in total. The van der Waals surface area contributed by atoms with Crippen LogP contribution in [-0.4, -0.2) is 44.7 Å². The number of benzene rings is 2. The Kier molecular flexibility index (Phi) is 6.64. The van der Waals surface area contributed by atoms with Gasteiger partial charge >= 0.3 is 0 Å². The number of halogens is 1. The first-order valence-electron chi connectivity index (χ1n) is 9.27. The molecular weight excluding hydrogens is 430 g/mol. The van der Waals surface area contributed by atoms with Crippen LogP contribution in [0.1, 0.15) is 23.2 Å². The van der Waals surface area contributed by atoms with E-state index in [0.717, 1.165) is 0 Å². The lowest BCUT2D eigenvalue weighted by molar-refractivity contribution is -0.120. The smallest absolute Gasteiger partial charge is 0.248 e. The van der Waals surface area contributed by atoms with E-state index in [9.17, 15) is 18.0 Å². The molecule has 2 amide bonds. The molecule has 0 radical (unpaired) electrons. The molecular formula is C20H22ClN3O5S. The molecule has 0 saturated carbocycles. The maximum Gasteiger partial charge on any atom is 0.248 e. The van der Waals surface area contributed by atoms with Gasteiger partial charge in [0, 0.05) is 30.3 Å². The van der Waals surface area contributed by atoms with Crippen molar-refractivity contribution in [2.24, 2.45) is 11.7 Å². The van der Waals surface area contributed by atoms with Gasteiger partial charge in [-0.05, 0) is 55.3 Å². The van der Waals surface area contributed by atoms with Gasteiger partial charge in [0.2, 0.25) is 21.8 Å². The highest BCUT2D eigenvalue weighted by atomic mass is 35.5. The van der Waals surface area contributed by atoms with E-state index in [4.69, 9.17) is 22.1 Å². The maximum absolute atomic E-state index is 12.9. The molecule has 0 atom stereocenters. The number of carbonyl (C=O) groups excluding carboxylic acids is 2. The third kappa shape index (κ3) is 4.75. The zero-order chi connectivity index (χ0) is 21.9. The lowest BCUT2D eigenvalue weighted by atomic mass is 9.97. The highest BCUT2D eigenvalue weighted by Crippen LogP contribution is 2.30. The second-order valence-corrected chi connectivity index (χ2v) is 9.25. The zero-order valence-corrected chi connectivity index (χ0v) is 17.9. The van der Waals surface area contributed by atoms with Crippen molar-refractivity contribution in [3.8, 4) is 5.75 Å². The number of hydrogen-bond acceptors (Lipinski definition) is 5. The Morgan fingerprint density at radius 2 is 1.77 bits per heavy atom.